The van der Waals surface area contributed by atoms with Gasteiger partial charge in [-0.1, -0.05) is 13.8 Å². The molecular weight excluding hydrogens is 303 g/mol. The van der Waals surface area contributed by atoms with Gasteiger partial charge in [-0.3, -0.25) is 0 Å². The van der Waals surface area contributed by atoms with Gasteiger partial charge in [0, 0.05) is 14.5 Å². The molecular formula is C12H17IO2. The lowest BCUT2D eigenvalue weighted by atomic mass is 9.84. The summed E-state index contributed by atoms with van der Waals surface area (Å²) in [5, 5.41) is 9.39. The van der Waals surface area contributed by atoms with Gasteiger partial charge in [0.05, 0.1) is 13.7 Å². The summed E-state index contributed by atoms with van der Waals surface area (Å²) >= 11 is 2.28. The number of aliphatic hydroxyl groups is 1. The van der Waals surface area contributed by atoms with Gasteiger partial charge in [-0.25, -0.2) is 0 Å². The first-order valence-corrected chi connectivity index (χ1v) is 5.95. The van der Waals surface area contributed by atoms with Gasteiger partial charge in [0.2, 0.25) is 0 Å². The van der Waals surface area contributed by atoms with E-state index in [1.165, 1.54) is 3.57 Å². The molecule has 0 aliphatic rings. The molecule has 0 fully saturated rings. The summed E-state index contributed by atoms with van der Waals surface area (Å²) in [5.41, 5.74) is 1.91. The molecule has 0 radical (unpaired) electrons. The number of benzene rings is 1. The number of methoxy groups -OCH3 is 1. The van der Waals surface area contributed by atoms with Crippen molar-refractivity contribution < 1.29 is 9.84 Å². The molecule has 0 aliphatic heterocycles. The number of aliphatic hydroxyl groups excluding tert-OH is 1. The van der Waals surface area contributed by atoms with E-state index in [4.69, 9.17) is 4.74 Å². The van der Waals surface area contributed by atoms with Crippen molar-refractivity contribution in [2.24, 2.45) is 0 Å². The van der Waals surface area contributed by atoms with Crippen LogP contribution in [-0.2, 0) is 5.41 Å². The molecule has 0 bridgehead atoms. The molecule has 0 atom stereocenters. The maximum absolute atomic E-state index is 9.39. The van der Waals surface area contributed by atoms with E-state index >= 15 is 0 Å². The van der Waals surface area contributed by atoms with Crippen LogP contribution >= 0.6 is 22.6 Å². The molecule has 1 aromatic carbocycles. The zero-order valence-electron chi connectivity index (χ0n) is 9.60. The van der Waals surface area contributed by atoms with Crippen molar-refractivity contribution in [3.05, 3.63) is 26.8 Å². The first-order valence-electron chi connectivity index (χ1n) is 4.88. The smallest absolute Gasteiger partial charge is 0.125 e. The summed E-state index contributed by atoms with van der Waals surface area (Å²) in [7, 11) is 1.67. The lowest BCUT2D eigenvalue weighted by molar-refractivity contribution is 0.214. The summed E-state index contributed by atoms with van der Waals surface area (Å²) < 4.78 is 6.57. The Morgan fingerprint density at radius 3 is 2.47 bits per heavy atom. The quantitative estimate of drug-likeness (QED) is 0.868. The summed E-state index contributed by atoms with van der Waals surface area (Å²) in [6.45, 7) is 6.17. The van der Waals surface area contributed by atoms with E-state index in [9.17, 15) is 5.11 Å². The highest BCUT2D eigenvalue weighted by Crippen LogP contribution is 2.35. The number of hydrogen-bond donors (Lipinski definition) is 1. The van der Waals surface area contributed by atoms with E-state index in [2.05, 4.69) is 34.7 Å². The second kappa shape index (κ2) is 4.70. The van der Waals surface area contributed by atoms with Gasteiger partial charge in [0.25, 0.3) is 0 Å². The SMILES string of the molecule is COc1c(C)cc(I)cc1C(C)(C)CO. The standard InChI is InChI=1S/C12H17IO2/c1-8-5-9(13)6-10(11(8)15-4)12(2,3)7-14/h5-6,14H,7H2,1-4H3. The minimum atomic E-state index is -0.267. The van der Waals surface area contributed by atoms with Gasteiger partial charge in [0.1, 0.15) is 5.75 Å². The van der Waals surface area contributed by atoms with Crippen LogP contribution in [-0.4, -0.2) is 18.8 Å². The van der Waals surface area contributed by atoms with Gasteiger partial charge in [-0.15, -0.1) is 0 Å². The van der Waals surface area contributed by atoms with E-state index in [0.717, 1.165) is 16.9 Å². The maximum Gasteiger partial charge on any atom is 0.125 e. The van der Waals surface area contributed by atoms with Crippen molar-refractivity contribution in [1.82, 2.24) is 0 Å². The van der Waals surface area contributed by atoms with Gasteiger partial charge < -0.3 is 9.84 Å². The number of rotatable bonds is 3. The predicted octanol–water partition coefficient (Wildman–Crippen LogP) is 2.88. The zero-order valence-corrected chi connectivity index (χ0v) is 11.8. The van der Waals surface area contributed by atoms with Crippen LogP contribution in [0.15, 0.2) is 12.1 Å². The molecule has 0 aliphatic carbocycles. The fourth-order valence-electron chi connectivity index (χ4n) is 1.59. The van der Waals surface area contributed by atoms with Gasteiger partial charge >= 0.3 is 0 Å². The van der Waals surface area contributed by atoms with E-state index in [-0.39, 0.29) is 12.0 Å². The summed E-state index contributed by atoms with van der Waals surface area (Å²) in [6.07, 6.45) is 0. The third kappa shape index (κ3) is 2.64. The van der Waals surface area contributed by atoms with Crippen LogP contribution in [0.3, 0.4) is 0 Å². The lowest BCUT2D eigenvalue weighted by Gasteiger charge is -2.26. The Bertz CT molecular complexity index is 359. The van der Waals surface area contributed by atoms with E-state index in [0.29, 0.717) is 0 Å². The van der Waals surface area contributed by atoms with Crippen molar-refractivity contribution in [3.63, 3.8) is 0 Å². The first kappa shape index (κ1) is 12.8. The van der Waals surface area contributed by atoms with Gasteiger partial charge in [-0.05, 0) is 47.2 Å². The predicted molar refractivity (Wildman–Crippen MR) is 70.6 cm³/mol. The van der Waals surface area contributed by atoms with Crippen LogP contribution in [0.1, 0.15) is 25.0 Å². The molecule has 0 spiro atoms. The number of ether oxygens (including phenoxy) is 1. The lowest BCUT2D eigenvalue weighted by Crippen LogP contribution is -2.23. The average molecular weight is 320 g/mol. The fraction of sp³-hybridized carbons (Fsp3) is 0.500. The Labute approximate surface area is 105 Å². The van der Waals surface area contributed by atoms with Crippen LogP contribution in [0.5, 0.6) is 5.75 Å². The van der Waals surface area contributed by atoms with Gasteiger partial charge in [0.15, 0.2) is 0 Å². The van der Waals surface area contributed by atoms with Crippen LogP contribution < -0.4 is 4.74 Å². The second-order valence-electron chi connectivity index (χ2n) is 4.35. The third-order valence-electron chi connectivity index (χ3n) is 2.57. The monoisotopic (exact) mass is 320 g/mol. The molecule has 15 heavy (non-hydrogen) atoms. The third-order valence-corrected chi connectivity index (χ3v) is 3.19. The fourth-order valence-corrected chi connectivity index (χ4v) is 2.37. The number of hydrogen-bond acceptors (Lipinski definition) is 2. The van der Waals surface area contributed by atoms with Crippen molar-refractivity contribution in [2.75, 3.05) is 13.7 Å². The zero-order chi connectivity index (χ0) is 11.6. The maximum atomic E-state index is 9.39. The summed E-state index contributed by atoms with van der Waals surface area (Å²) in [5.74, 6) is 0.884. The molecule has 0 unspecified atom stereocenters. The number of halogens is 1. The molecule has 0 saturated carbocycles. The van der Waals surface area contributed by atoms with Crippen molar-refractivity contribution in [3.8, 4) is 5.75 Å². The molecule has 0 heterocycles. The normalized spacial score (nSPS) is 11.6. The van der Waals surface area contributed by atoms with Crippen molar-refractivity contribution >= 4 is 22.6 Å². The topological polar surface area (TPSA) is 29.5 Å². The van der Waals surface area contributed by atoms with Crippen LogP contribution in [0, 0.1) is 10.5 Å². The highest BCUT2D eigenvalue weighted by atomic mass is 127. The minimum Gasteiger partial charge on any atom is -0.496 e. The Balaban J connectivity index is 3.39. The average Bonchev–Trinajstić information content (AvgIpc) is 2.16. The van der Waals surface area contributed by atoms with Crippen molar-refractivity contribution in [1.29, 1.82) is 0 Å². The Kier molecular flexibility index (Phi) is 4.00. The molecule has 84 valence electrons. The highest BCUT2D eigenvalue weighted by Gasteiger charge is 2.24. The molecule has 0 amide bonds. The van der Waals surface area contributed by atoms with Crippen LogP contribution in [0.4, 0.5) is 0 Å². The Morgan fingerprint density at radius 2 is 2.00 bits per heavy atom. The molecule has 1 rings (SSSR count). The molecule has 3 heteroatoms. The minimum absolute atomic E-state index is 0.114. The Hall–Kier alpha value is -0.290. The molecule has 1 N–H and O–H groups in total. The van der Waals surface area contributed by atoms with Gasteiger partial charge in [-0.2, -0.15) is 0 Å². The molecule has 2 nitrogen and oxygen atoms in total. The van der Waals surface area contributed by atoms with Crippen LogP contribution in [0.2, 0.25) is 0 Å². The second-order valence-corrected chi connectivity index (χ2v) is 5.59. The highest BCUT2D eigenvalue weighted by molar-refractivity contribution is 14.1. The van der Waals surface area contributed by atoms with E-state index in [1.54, 1.807) is 7.11 Å². The molecule has 0 saturated heterocycles. The summed E-state index contributed by atoms with van der Waals surface area (Å²) in [6, 6.07) is 4.15. The van der Waals surface area contributed by atoms with E-state index < -0.39 is 0 Å². The van der Waals surface area contributed by atoms with Crippen LogP contribution in [0.25, 0.3) is 0 Å². The first-order chi connectivity index (χ1) is 6.92. The largest absolute Gasteiger partial charge is 0.496 e. The number of aryl methyl sites for hydroxylation is 1. The summed E-state index contributed by atoms with van der Waals surface area (Å²) in [4.78, 5) is 0. The molecule has 0 aromatic heterocycles. The van der Waals surface area contributed by atoms with E-state index in [1.807, 2.05) is 20.8 Å². The molecule has 1 aromatic rings. The van der Waals surface area contributed by atoms with Crippen molar-refractivity contribution in [2.45, 2.75) is 26.2 Å². The Morgan fingerprint density at radius 1 is 1.40 bits per heavy atom.